The van der Waals surface area contributed by atoms with Gasteiger partial charge in [0.15, 0.2) is 0 Å². The first-order chi connectivity index (χ1) is 7.59. The van der Waals surface area contributed by atoms with Crippen molar-refractivity contribution in [3.8, 4) is 11.6 Å². The number of aromatic hydroxyl groups is 1. The van der Waals surface area contributed by atoms with Gasteiger partial charge >= 0.3 is 0 Å². The van der Waals surface area contributed by atoms with E-state index in [0.29, 0.717) is 0 Å². The highest BCUT2D eigenvalue weighted by atomic mass is 16.3. The lowest BCUT2D eigenvalue weighted by molar-refractivity contribution is 0.425. The number of aromatic nitrogens is 2. The van der Waals surface area contributed by atoms with E-state index in [1.54, 1.807) is 10.9 Å². The van der Waals surface area contributed by atoms with E-state index in [4.69, 9.17) is 0 Å². The predicted molar refractivity (Wildman–Crippen MR) is 64.1 cm³/mol. The third-order valence-electron chi connectivity index (χ3n) is 2.67. The van der Waals surface area contributed by atoms with Crippen molar-refractivity contribution in [3.05, 3.63) is 41.6 Å². The summed E-state index contributed by atoms with van der Waals surface area (Å²) < 4.78 is 1.56. The highest BCUT2D eigenvalue weighted by Crippen LogP contribution is 2.27. The van der Waals surface area contributed by atoms with Gasteiger partial charge < -0.3 is 5.11 Å². The summed E-state index contributed by atoms with van der Waals surface area (Å²) in [5.41, 5.74) is 2.95. The molecule has 0 unspecified atom stereocenters. The second-order valence-electron chi connectivity index (χ2n) is 4.33. The van der Waals surface area contributed by atoms with Crippen LogP contribution in [0.1, 0.15) is 30.9 Å². The van der Waals surface area contributed by atoms with Crippen LogP contribution >= 0.6 is 0 Å². The monoisotopic (exact) mass is 216 g/mol. The second kappa shape index (κ2) is 4.00. The Morgan fingerprint density at radius 1 is 1.19 bits per heavy atom. The Labute approximate surface area is 95.3 Å². The van der Waals surface area contributed by atoms with Crippen molar-refractivity contribution < 1.29 is 5.11 Å². The van der Waals surface area contributed by atoms with Crippen LogP contribution in [0.3, 0.4) is 0 Å². The Kier molecular flexibility index (Phi) is 2.69. The van der Waals surface area contributed by atoms with E-state index < -0.39 is 0 Å². The molecule has 0 amide bonds. The van der Waals surface area contributed by atoms with Gasteiger partial charge in [-0.05, 0) is 25.0 Å². The Bertz CT molecular complexity index is 483. The molecule has 1 heterocycles. The molecule has 0 atom stereocenters. The molecule has 0 radical (unpaired) electrons. The van der Waals surface area contributed by atoms with Gasteiger partial charge in [-0.2, -0.15) is 5.10 Å². The van der Waals surface area contributed by atoms with Crippen LogP contribution in [0, 0.1) is 6.92 Å². The van der Waals surface area contributed by atoms with E-state index in [9.17, 15) is 5.11 Å². The summed E-state index contributed by atoms with van der Waals surface area (Å²) in [7, 11) is 0. The molecule has 1 N–H and O–H groups in total. The van der Waals surface area contributed by atoms with Crippen LogP contribution in [0.15, 0.2) is 30.5 Å². The number of nitrogens with zero attached hydrogens (tertiary/aromatic N) is 2. The topological polar surface area (TPSA) is 38.0 Å². The maximum atomic E-state index is 10.0. The van der Waals surface area contributed by atoms with Gasteiger partial charge in [-0.15, -0.1) is 0 Å². The first kappa shape index (κ1) is 10.7. The quantitative estimate of drug-likeness (QED) is 0.838. The summed E-state index contributed by atoms with van der Waals surface area (Å²) in [5, 5.41) is 14.2. The first-order valence-electron chi connectivity index (χ1n) is 5.43. The zero-order valence-electron chi connectivity index (χ0n) is 9.81. The number of aryl methyl sites for hydroxylation is 1. The minimum atomic E-state index is 0.235. The van der Waals surface area contributed by atoms with Gasteiger partial charge in [0.25, 0.3) is 0 Å². The Hall–Kier alpha value is -1.77. The summed E-state index contributed by atoms with van der Waals surface area (Å²) in [6, 6.07) is 7.91. The maximum absolute atomic E-state index is 10.0. The highest BCUT2D eigenvalue weighted by molar-refractivity contribution is 5.39. The first-order valence-corrected chi connectivity index (χ1v) is 5.43. The van der Waals surface area contributed by atoms with Crippen LogP contribution in [0.5, 0.6) is 5.88 Å². The molecule has 0 saturated heterocycles. The molecular weight excluding hydrogens is 200 g/mol. The van der Waals surface area contributed by atoms with E-state index in [0.717, 1.165) is 11.3 Å². The smallest absolute Gasteiger partial charge is 0.217 e. The number of hydrogen-bond donors (Lipinski definition) is 1. The second-order valence-corrected chi connectivity index (χ2v) is 4.33. The molecule has 0 aliphatic heterocycles. The molecule has 0 bridgehead atoms. The number of benzene rings is 1. The van der Waals surface area contributed by atoms with Crippen LogP contribution in [0.2, 0.25) is 0 Å². The fraction of sp³-hybridized carbons (Fsp3) is 0.308. The molecule has 0 fully saturated rings. The van der Waals surface area contributed by atoms with Crippen LogP contribution < -0.4 is 0 Å². The van der Waals surface area contributed by atoms with E-state index in [1.165, 1.54) is 5.56 Å². The van der Waals surface area contributed by atoms with Gasteiger partial charge in [0.1, 0.15) is 0 Å². The zero-order valence-corrected chi connectivity index (χ0v) is 9.81. The van der Waals surface area contributed by atoms with Crippen molar-refractivity contribution >= 4 is 0 Å². The molecule has 0 aliphatic carbocycles. The Morgan fingerprint density at radius 3 is 2.31 bits per heavy atom. The molecule has 0 spiro atoms. The molecule has 1 aromatic heterocycles. The van der Waals surface area contributed by atoms with E-state index >= 15 is 0 Å². The molecule has 16 heavy (non-hydrogen) atoms. The van der Waals surface area contributed by atoms with Crippen LogP contribution in [-0.2, 0) is 0 Å². The molecular formula is C13H16N2O. The summed E-state index contributed by atoms with van der Waals surface area (Å²) in [6.45, 7) is 6.11. The molecule has 3 heteroatoms. The van der Waals surface area contributed by atoms with Gasteiger partial charge in [-0.25, -0.2) is 4.68 Å². The predicted octanol–water partition coefficient (Wildman–Crippen LogP) is 3.01. The average Bonchev–Trinajstić information content (AvgIpc) is 2.61. The molecule has 0 aliphatic rings. The standard InChI is InChI=1S/C13H16N2O/c1-9(2)12-8-14-15(13(12)16)11-6-4-10(3)5-7-11/h4-9,16H,1-3H3. The summed E-state index contributed by atoms with van der Waals surface area (Å²) in [4.78, 5) is 0. The number of rotatable bonds is 2. The summed E-state index contributed by atoms with van der Waals surface area (Å²) >= 11 is 0. The Morgan fingerprint density at radius 2 is 1.81 bits per heavy atom. The van der Waals surface area contributed by atoms with Crippen molar-refractivity contribution in [3.63, 3.8) is 0 Å². The van der Waals surface area contributed by atoms with E-state index in [1.807, 2.05) is 45.0 Å². The van der Waals surface area contributed by atoms with Crippen LogP contribution in [0.4, 0.5) is 0 Å². The Balaban J connectivity index is 2.45. The fourth-order valence-electron chi connectivity index (χ4n) is 1.64. The van der Waals surface area contributed by atoms with Crippen molar-refractivity contribution in [2.45, 2.75) is 26.7 Å². The van der Waals surface area contributed by atoms with E-state index in [2.05, 4.69) is 5.10 Å². The molecule has 1 aromatic carbocycles. The minimum Gasteiger partial charge on any atom is -0.493 e. The zero-order chi connectivity index (χ0) is 11.7. The van der Waals surface area contributed by atoms with Crippen molar-refractivity contribution in [1.82, 2.24) is 9.78 Å². The third kappa shape index (κ3) is 1.81. The van der Waals surface area contributed by atoms with Gasteiger partial charge in [0.05, 0.1) is 11.9 Å². The summed E-state index contributed by atoms with van der Waals surface area (Å²) in [5.74, 6) is 0.512. The lowest BCUT2D eigenvalue weighted by Crippen LogP contribution is -1.95. The van der Waals surface area contributed by atoms with Crippen molar-refractivity contribution in [2.75, 3.05) is 0 Å². The summed E-state index contributed by atoms with van der Waals surface area (Å²) in [6.07, 6.45) is 1.72. The van der Waals surface area contributed by atoms with Gasteiger partial charge in [-0.1, -0.05) is 31.5 Å². The largest absolute Gasteiger partial charge is 0.493 e. The molecule has 0 saturated carbocycles. The van der Waals surface area contributed by atoms with Gasteiger partial charge in [0.2, 0.25) is 5.88 Å². The van der Waals surface area contributed by atoms with E-state index in [-0.39, 0.29) is 11.8 Å². The molecule has 2 rings (SSSR count). The van der Waals surface area contributed by atoms with Crippen LogP contribution in [0.25, 0.3) is 5.69 Å². The van der Waals surface area contributed by atoms with Gasteiger partial charge in [-0.3, -0.25) is 0 Å². The normalized spacial score (nSPS) is 11.0. The van der Waals surface area contributed by atoms with Crippen LogP contribution in [-0.4, -0.2) is 14.9 Å². The SMILES string of the molecule is Cc1ccc(-n2ncc(C(C)C)c2O)cc1. The van der Waals surface area contributed by atoms with Crippen molar-refractivity contribution in [2.24, 2.45) is 0 Å². The third-order valence-corrected chi connectivity index (χ3v) is 2.67. The lowest BCUT2D eigenvalue weighted by atomic mass is 10.1. The van der Waals surface area contributed by atoms with Gasteiger partial charge in [0, 0.05) is 5.56 Å². The molecule has 3 nitrogen and oxygen atoms in total. The molecule has 84 valence electrons. The maximum Gasteiger partial charge on any atom is 0.217 e. The number of hydrogen-bond acceptors (Lipinski definition) is 2. The highest BCUT2D eigenvalue weighted by Gasteiger charge is 2.13. The fourth-order valence-corrected chi connectivity index (χ4v) is 1.64. The average molecular weight is 216 g/mol. The lowest BCUT2D eigenvalue weighted by Gasteiger charge is -2.05. The van der Waals surface area contributed by atoms with Crippen molar-refractivity contribution in [1.29, 1.82) is 0 Å². The minimum absolute atomic E-state index is 0.235. The molecule has 2 aromatic rings.